The van der Waals surface area contributed by atoms with E-state index in [0.717, 1.165) is 0 Å². The summed E-state index contributed by atoms with van der Waals surface area (Å²) in [5.41, 5.74) is -1.54. The smallest absolute Gasteiger partial charge is 0.324 e. The highest BCUT2D eigenvalue weighted by atomic mass is 35.5. The number of aliphatic carboxylic acids is 1. The first-order chi connectivity index (χ1) is 9.18. The average Bonchev–Trinajstić information content (AvgIpc) is 3.15. The molecule has 2 N–H and O–H groups in total. The van der Waals surface area contributed by atoms with Crippen LogP contribution < -0.4 is 4.72 Å². The van der Waals surface area contributed by atoms with Gasteiger partial charge in [0.1, 0.15) is 10.4 Å². The molecule has 0 bridgehead atoms. The Bertz CT molecular complexity index is 657. The number of rotatable bonds is 5. The fourth-order valence-electron chi connectivity index (χ4n) is 1.99. The van der Waals surface area contributed by atoms with Gasteiger partial charge in [-0.3, -0.25) is 4.79 Å². The zero-order valence-corrected chi connectivity index (χ0v) is 12.9. The minimum atomic E-state index is -4.07. The molecular weight excluding hydrogens is 325 g/mol. The van der Waals surface area contributed by atoms with Gasteiger partial charge in [0.15, 0.2) is 0 Å². The molecule has 1 aromatic carbocycles. The monoisotopic (exact) mass is 337 g/mol. The Kier molecular flexibility index (Phi) is 4.03. The topological polar surface area (TPSA) is 83.5 Å². The Hall–Kier alpha value is -0.820. The van der Waals surface area contributed by atoms with Crippen LogP contribution in [0.3, 0.4) is 0 Å². The van der Waals surface area contributed by atoms with E-state index in [4.69, 9.17) is 23.2 Å². The minimum absolute atomic E-state index is 0.0954. The lowest BCUT2D eigenvalue weighted by atomic mass is 9.98. The SMILES string of the molecule is CC(NS(=O)(=O)c1cccc(Cl)c1Cl)(C(=O)O)C1CC1. The van der Waals surface area contributed by atoms with Gasteiger partial charge in [-0.15, -0.1) is 0 Å². The summed E-state index contributed by atoms with van der Waals surface area (Å²) in [6.07, 6.45) is 1.35. The van der Waals surface area contributed by atoms with Crippen molar-refractivity contribution in [3.8, 4) is 0 Å². The van der Waals surface area contributed by atoms with Crippen molar-refractivity contribution in [2.24, 2.45) is 5.92 Å². The second-order valence-corrected chi connectivity index (χ2v) is 7.38. The number of nitrogens with one attached hydrogen (secondary N) is 1. The fraction of sp³-hybridized carbons (Fsp3) is 0.417. The number of hydrogen-bond donors (Lipinski definition) is 2. The molecule has 0 aliphatic heterocycles. The van der Waals surface area contributed by atoms with Crippen molar-refractivity contribution in [2.45, 2.75) is 30.2 Å². The van der Waals surface area contributed by atoms with Crippen molar-refractivity contribution in [2.75, 3.05) is 0 Å². The minimum Gasteiger partial charge on any atom is -0.480 e. The largest absolute Gasteiger partial charge is 0.480 e. The number of carboxylic acid groups (broad SMARTS) is 1. The van der Waals surface area contributed by atoms with Crippen LogP contribution in [0.2, 0.25) is 10.0 Å². The molecular formula is C12H13Cl2NO4S. The highest BCUT2D eigenvalue weighted by molar-refractivity contribution is 7.89. The Balaban J connectivity index is 2.41. The number of carboxylic acids is 1. The third kappa shape index (κ3) is 2.79. The molecule has 1 aromatic rings. The van der Waals surface area contributed by atoms with Gasteiger partial charge in [0.2, 0.25) is 10.0 Å². The van der Waals surface area contributed by atoms with Crippen molar-refractivity contribution in [1.82, 2.24) is 4.72 Å². The Morgan fingerprint density at radius 2 is 2.00 bits per heavy atom. The van der Waals surface area contributed by atoms with E-state index in [2.05, 4.69) is 4.72 Å². The first-order valence-electron chi connectivity index (χ1n) is 5.90. The highest BCUT2D eigenvalue weighted by Crippen LogP contribution is 2.41. The first-order valence-corrected chi connectivity index (χ1v) is 8.14. The van der Waals surface area contributed by atoms with E-state index in [0.29, 0.717) is 12.8 Å². The molecule has 1 aliphatic rings. The molecule has 1 aliphatic carbocycles. The molecule has 1 unspecified atom stereocenters. The van der Waals surface area contributed by atoms with Crippen LogP contribution in [0.5, 0.6) is 0 Å². The van der Waals surface area contributed by atoms with Gasteiger partial charge >= 0.3 is 5.97 Å². The van der Waals surface area contributed by atoms with Crippen LogP contribution in [0.15, 0.2) is 23.1 Å². The van der Waals surface area contributed by atoms with Gasteiger partial charge in [0.25, 0.3) is 0 Å². The summed E-state index contributed by atoms with van der Waals surface area (Å²) < 4.78 is 26.9. The summed E-state index contributed by atoms with van der Waals surface area (Å²) in [7, 11) is -4.07. The number of hydrogen-bond acceptors (Lipinski definition) is 3. The molecule has 2 rings (SSSR count). The van der Waals surface area contributed by atoms with Crippen molar-refractivity contribution >= 4 is 39.2 Å². The number of benzene rings is 1. The second-order valence-electron chi connectivity index (χ2n) is 4.94. The fourth-order valence-corrected chi connectivity index (χ4v) is 4.18. The summed E-state index contributed by atoms with van der Waals surface area (Å²) in [5.74, 6) is -1.42. The molecule has 5 nitrogen and oxygen atoms in total. The lowest BCUT2D eigenvalue weighted by molar-refractivity contribution is -0.144. The molecule has 0 aromatic heterocycles. The van der Waals surface area contributed by atoms with Gasteiger partial charge in [-0.2, -0.15) is 4.72 Å². The van der Waals surface area contributed by atoms with Crippen LogP contribution >= 0.6 is 23.2 Å². The Labute approximate surface area is 126 Å². The number of halogens is 2. The molecule has 8 heteroatoms. The average molecular weight is 338 g/mol. The molecule has 0 saturated heterocycles. The maximum atomic E-state index is 12.3. The standard InChI is InChI=1S/C12H13Cl2NO4S/c1-12(11(16)17,7-5-6-7)15-20(18,19)9-4-2-3-8(13)10(9)14/h2-4,7,15H,5-6H2,1H3,(H,16,17). The number of sulfonamides is 1. The molecule has 1 fully saturated rings. The maximum absolute atomic E-state index is 12.3. The Morgan fingerprint density at radius 3 is 2.50 bits per heavy atom. The van der Waals surface area contributed by atoms with E-state index >= 15 is 0 Å². The van der Waals surface area contributed by atoms with Crippen LogP contribution in [-0.4, -0.2) is 25.0 Å². The molecule has 1 atom stereocenters. The van der Waals surface area contributed by atoms with Crippen molar-refractivity contribution in [1.29, 1.82) is 0 Å². The summed E-state index contributed by atoms with van der Waals surface area (Å²) in [5, 5.41) is 9.27. The zero-order chi connectivity index (χ0) is 15.1. The second kappa shape index (κ2) is 5.18. The molecule has 0 amide bonds. The Morgan fingerprint density at radius 1 is 1.40 bits per heavy atom. The third-order valence-electron chi connectivity index (χ3n) is 3.39. The zero-order valence-electron chi connectivity index (χ0n) is 10.6. The van der Waals surface area contributed by atoms with Gasteiger partial charge in [0.05, 0.1) is 10.0 Å². The molecule has 0 heterocycles. The van der Waals surface area contributed by atoms with E-state index in [1.165, 1.54) is 25.1 Å². The summed E-state index contributed by atoms with van der Waals surface area (Å²) >= 11 is 11.7. The van der Waals surface area contributed by atoms with Crippen molar-refractivity contribution in [3.63, 3.8) is 0 Å². The lowest BCUT2D eigenvalue weighted by Crippen LogP contribution is -2.53. The van der Waals surface area contributed by atoms with E-state index in [1.807, 2.05) is 0 Å². The normalized spacial score (nSPS) is 18.6. The van der Waals surface area contributed by atoms with Crippen LogP contribution in [0.1, 0.15) is 19.8 Å². The van der Waals surface area contributed by atoms with Gasteiger partial charge in [-0.1, -0.05) is 29.3 Å². The molecule has 1 saturated carbocycles. The third-order valence-corrected chi connectivity index (χ3v) is 5.93. The van der Waals surface area contributed by atoms with Crippen LogP contribution in [0, 0.1) is 5.92 Å². The van der Waals surface area contributed by atoms with Gasteiger partial charge < -0.3 is 5.11 Å². The van der Waals surface area contributed by atoms with Gasteiger partial charge in [-0.05, 0) is 37.8 Å². The van der Waals surface area contributed by atoms with E-state index in [-0.39, 0.29) is 20.9 Å². The van der Waals surface area contributed by atoms with Crippen molar-refractivity contribution < 1.29 is 18.3 Å². The van der Waals surface area contributed by atoms with Crippen LogP contribution in [0.4, 0.5) is 0 Å². The maximum Gasteiger partial charge on any atom is 0.324 e. The van der Waals surface area contributed by atoms with Crippen LogP contribution in [-0.2, 0) is 14.8 Å². The van der Waals surface area contributed by atoms with Crippen molar-refractivity contribution in [3.05, 3.63) is 28.2 Å². The first kappa shape index (κ1) is 15.6. The van der Waals surface area contributed by atoms with E-state index < -0.39 is 21.5 Å². The molecule has 110 valence electrons. The molecule has 20 heavy (non-hydrogen) atoms. The highest BCUT2D eigenvalue weighted by Gasteiger charge is 2.50. The van der Waals surface area contributed by atoms with Gasteiger partial charge in [0, 0.05) is 0 Å². The summed E-state index contributed by atoms with van der Waals surface area (Å²) in [6.45, 7) is 1.36. The molecule has 0 spiro atoms. The van der Waals surface area contributed by atoms with Crippen LogP contribution in [0.25, 0.3) is 0 Å². The predicted octanol–water partition coefficient (Wildman–Crippen LogP) is 2.53. The number of carbonyl (C=O) groups is 1. The molecule has 0 radical (unpaired) electrons. The lowest BCUT2D eigenvalue weighted by Gasteiger charge is -2.26. The summed E-state index contributed by atoms with van der Waals surface area (Å²) in [6, 6.07) is 4.18. The van der Waals surface area contributed by atoms with E-state index in [9.17, 15) is 18.3 Å². The van der Waals surface area contributed by atoms with Gasteiger partial charge in [-0.25, -0.2) is 8.42 Å². The quantitative estimate of drug-likeness (QED) is 0.864. The predicted molar refractivity (Wildman–Crippen MR) is 75.5 cm³/mol. The van der Waals surface area contributed by atoms with E-state index in [1.54, 1.807) is 0 Å². The summed E-state index contributed by atoms with van der Waals surface area (Å²) in [4.78, 5) is 11.2.